The third-order valence-corrected chi connectivity index (χ3v) is 6.95. The Morgan fingerprint density at radius 3 is 1.34 bits per heavy atom. The van der Waals surface area contributed by atoms with E-state index in [1.807, 2.05) is 0 Å². The predicted molar refractivity (Wildman–Crippen MR) is 148 cm³/mol. The van der Waals surface area contributed by atoms with Crippen LogP contribution < -0.4 is 5.73 Å². The number of hydrogen-bond donors (Lipinski definition) is 1. The van der Waals surface area contributed by atoms with Crippen LogP contribution in [0.5, 0.6) is 0 Å². The molecular weight excluding hydrogens is 386 g/mol. The van der Waals surface area contributed by atoms with Gasteiger partial charge in [-0.2, -0.15) is 0 Å². The van der Waals surface area contributed by atoms with E-state index < -0.39 is 0 Å². The van der Waals surface area contributed by atoms with Gasteiger partial charge < -0.3 is 5.73 Å². The number of allylic oxidation sites excluding steroid dienone is 4. The molecule has 0 saturated carbocycles. The van der Waals surface area contributed by atoms with Crippen molar-refractivity contribution in [2.24, 2.45) is 11.7 Å². The summed E-state index contributed by atoms with van der Waals surface area (Å²) in [6.07, 6.45) is 39.5. The molecule has 0 aliphatic carbocycles. The second kappa shape index (κ2) is 26.7. The maximum Gasteiger partial charge on any atom is 0.00387 e. The van der Waals surface area contributed by atoms with Gasteiger partial charge in [0.1, 0.15) is 0 Å². The summed E-state index contributed by atoms with van der Waals surface area (Å²) in [4.78, 5) is 0. The molecule has 0 aromatic rings. The number of unbranched alkanes of at least 4 members (excludes halogenated alkanes) is 16. The van der Waals surface area contributed by atoms with Crippen molar-refractivity contribution in [3.05, 3.63) is 24.3 Å². The first-order valence-electron chi connectivity index (χ1n) is 14.8. The molecule has 190 valence electrons. The second-order valence-electron chi connectivity index (χ2n) is 10.3. The standard InChI is InChI=1S/C31H61N/c1-4-6-8-10-12-13-14-15-16-17-18-19-20-21-23-25-27-29-31(30(3)32)28-26-24-22-11-9-7-5-2/h12-13,15-16,30-31H,4-11,14,17-29,32H2,1-3H3. The van der Waals surface area contributed by atoms with Gasteiger partial charge in [0.25, 0.3) is 0 Å². The van der Waals surface area contributed by atoms with Gasteiger partial charge in [0.05, 0.1) is 0 Å². The van der Waals surface area contributed by atoms with Crippen LogP contribution in [0.25, 0.3) is 0 Å². The molecular formula is C31H61N. The molecule has 0 aliphatic rings. The van der Waals surface area contributed by atoms with Crippen LogP contribution in [0.4, 0.5) is 0 Å². The summed E-state index contributed by atoms with van der Waals surface area (Å²) >= 11 is 0. The second-order valence-corrected chi connectivity index (χ2v) is 10.3. The van der Waals surface area contributed by atoms with E-state index in [0.29, 0.717) is 6.04 Å². The van der Waals surface area contributed by atoms with Crippen molar-refractivity contribution in [2.75, 3.05) is 0 Å². The minimum absolute atomic E-state index is 0.375. The molecule has 0 aliphatic heterocycles. The molecule has 0 bridgehead atoms. The van der Waals surface area contributed by atoms with Crippen LogP contribution in [0.3, 0.4) is 0 Å². The highest BCUT2D eigenvalue weighted by Gasteiger charge is 2.12. The van der Waals surface area contributed by atoms with E-state index >= 15 is 0 Å². The molecule has 0 rings (SSSR count). The summed E-state index contributed by atoms with van der Waals surface area (Å²) in [5.41, 5.74) is 6.28. The molecule has 0 spiro atoms. The average Bonchev–Trinajstić information content (AvgIpc) is 2.78. The quantitative estimate of drug-likeness (QED) is 0.109. The van der Waals surface area contributed by atoms with E-state index in [9.17, 15) is 0 Å². The third kappa shape index (κ3) is 24.1. The summed E-state index contributed by atoms with van der Waals surface area (Å²) < 4.78 is 0. The van der Waals surface area contributed by atoms with Gasteiger partial charge in [0.15, 0.2) is 0 Å². The normalized spacial score (nSPS) is 14.0. The van der Waals surface area contributed by atoms with Crippen molar-refractivity contribution >= 4 is 0 Å². The fourth-order valence-electron chi connectivity index (χ4n) is 4.61. The topological polar surface area (TPSA) is 26.0 Å². The molecule has 0 aromatic carbocycles. The summed E-state index contributed by atoms with van der Waals surface area (Å²) in [5.74, 6) is 0.753. The number of hydrogen-bond acceptors (Lipinski definition) is 1. The van der Waals surface area contributed by atoms with Crippen LogP contribution in [0, 0.1) is 5.92 Å². The van der Waals surface area contributed by atoms with Crippen molar-refractivity contribution < 1.29 is 0 Å². The largest absolute Gasteiger partial charge is 0.328 e. The molecule has 2 N–H and O–H groups in total. The van der Waals surface area contributed by atoms with Crippen LogP contribution in [0.2, 0.25) is 0 Å². The molecule has 0 radical (unpaired) electrons. The van der Waals surface area contributed by atoms with Crippen LogP contribution in [0.15, 0.2) is 24.3 Å². The SMILES string of the molecule is CCCCCC=CCC=CCCCCCCCCCC(CCCCCCCCC)C(C)N. The molecule has 0 heterocycles. The molecule has 2 unspecified atom stereocenters. The highest BCUT2D eigenvalue weighted by atomic mass is 14.6. The molecule has 0 amide bonds. The lowest BCUT2D eigenvalue weighted by atomic mass is 9.89. The summed E-state index contributed by atoms with van der Waals surface area (Å²) in [7, 11) is 0. The van der Waals surface area contributed by atoms with Gasteiger partial charge in [-0.15, -0.1) is 0 Å². The lowest BCUT2D eigenvalue weighted by Gasteiger charge is -2.20. The van der Waals surface area contributed by atoms with Crippen molar-refractivity contribution in [1.82, 2.24) is 0 Å². The van der Waals surface area contributed by atoms with Crippen LogP contribution in [-0.4, -0.2) is 6.04 Å². The molecule has 1 nitrogen and oxygen atoms in total. The van der Waals surface area contributed by atoms with Crippen molar-refractivity contribution in [3.8, 4) is 0 Å². The van der Waals surface area contributed by atoms with Gasteiger partial charge in [-0.3, -0.25) is 0 Å². The average molecular weight is 448 g/mol. The molecule has 0 saturated heterocycles. The van der Waals surface area contributed by atoms with E-state index in [2.05, 4.69) is 45.1 Å². The van der Waals surface area contributed by atoms with Crippen LogP contribution in [0.1, 0.15) is 162 Å². The maximum atomic E-state index is 6.28. The van der Waals surface area contributed by atoms with Crippen LogP contribution >= 0.6 is 0 Å². The van der Waals surface area contributed by atoms with Gasteiger partial charge >= 0.3 is 0 Å². The maximum absolute atomic E-state index is 6.28. The zero-order valence-electron chi connectivity index (χ0n) is 22.6. The van der Waals surface area contributed by atoms with E-state index in [1.54, 1.807) is 0 Å². The van der Waals surface area contributed by atoms with E-state index in [-0.39, 0.29) is 0 Å². The van der Waals surface area contributed by atoms with Crippen LogP contribution in [-0.2, 0) is 0 Å². The Kier molecular flexibility index (Phi) is 26.2. The molecule has 0 aromatic heterocycles. The van der Waals surface area contributed by atoms with E-state index in [4.69, 9.17) is 5.73 Å². The minimum atomic E-state index is 0.375. The molecule has 32 heavy (non-hydrogen) atoms. The Morgan fingerprint density at radius 2 is 0.875 bits per heavy atom. The molecule has 2 atom stereocenters. The van der Waals surface area contributed by atoms with Gasteiger partial charge in [-0.05, 0) is 57.8 Å². The third-order valence-electron chi connectivity index (χ3n) is 6.95. The first-order chi connectivity index (χ1) is 15.7. The fraction of sp³-hybridized carbons (Fsp3) is 0.871. The lowest BCUT2D eigenvalue weighted by Crippen LogP contribution is -2.26. The van der Waals surface area contributed by atoms with Crippen molar-refractivity contribution in [3.63, 3.8) is 0 Å². The smallest absolute Gasteiger partial charge is 0.00387 e. The Morgan fingerprint density at radius 1 is 0.500 bits per heavy atom. The van der Waals surface area contributed by atoms with E-state index in [1.165, 1.54) is 135 Å². The Hall–Kier alpha value is -0.560. The number of rotatable bonds is 25. The van der Waals surface area contributed by atoms with E-state index in [0.717, 1.165) is 12.3 Å². The zero-order chi connectivity index (χ0) is 23.5. The lowest BCUT2D eigenvalue weighted by molar-refractivity contribution is 0.354. The van der Waals surface area contributed by atoms with Gasteiger partial charge in [-0.1, -0.05) is 134 Å². The Labute approximate surface area is 204 Å². The highest BCUT2D eigenvalue weighted by molar-refractivity contribution is 4.92. The number of nitrogens with two attached hydrogens (primary N) is 1. The Bertz CT molecular complexity index is 395. The summed E-state index contributed by atoms with van der Waals surface area (Å²) in [5, 5.41) is 0. The summed E-state index contributed by atoms with van der Waals surface area (Å²) in [6.45, 7) is 6.79. The fourth-order valence-corrected chi connectivity index (χ4v) is 4.61. The molecule has 1 heteroatoms. The monoisotopic (exact) mass is 447 g/mol. The highest BCUT2D eigenvalue weighted by Crippen LogP contribution is 2.21. The van der Waals surface area contributed by atoms with Crippen molar-refractivity contribution in [1.29, 1.82) is 0 Å². The predicted octanol–water partition coefficient (Wildman–Crippen LogP) is 10.7. The molecule has 0 fully saturated rings. The first kappa shape index (κ1) is 31.4. The zero-order valence-corrected chi connectivity index (χ0v) is 22.6. The Balaban J connectivity index is 3.46. The first-order valence-corrected chi connectivity index (χ1v) is 14.8. The minimum Gasteiger partial charge on any atom is -0.328 e. The van der Waals surface area contributed by atoms with Gasteiger partial charge in [-0.25, -0.2) is 0 Å². The van der Waals surface area contributed by atoms with Gasteiger partial charge in [0.2, 0.25) is 0 Å². The van der Waals surface area contributed by atoms with Crippen molar-refractivity contribution in [2.45, 2.75) is 168 Å². The van der Waals surface area contributed by atoms with Gasteiger partial charge in [0, 0.05) is 6.04 Å². The summed E-state index contributed by atoms with van der Waals surface area (Å²) in [6, 6.07) is 0.375.